The molecule has 120 valence electrons. The van der Waals surface area contributed by atoms with Gasteiger partial charge in [0.15, 0.2) is 0 Å². The fourth-order valence-corrected chi connectivity index (χ4v) is 2.38. The van der Waals surface area contributed by atoms with Gasteiger partial charge in [0.05, 0.1) is 6.42 Å². The van der Waals surface area contributed by atoms with Crippen LogP contribution in [0.5, 0.6) is 0 Å². The maximum atomic E-state index is 12.7. The number of aliphatic carboxylic acids is 1. The van der Waals surface area contributed by atoms with Gasteiger partial charge in [0.2, 0.25) is 5.91 Å². The van der Waals surface area contributed by atoms with Crippen molar-refractivity contribution in [3.05, 3.63) is 0 Å². The van der Waals surface area contributed by atoms with Crippen molar-refractivity contribution in [1.82, 2.24) is 15.1 Å². The molecule has 1 unspecified atom stereocenters. The number of carboxylic acids is 1. The van der Waals surface area contributed by atoms with E-state index in [1.165, 1.54) is 4.90 Å². The third kappa shape index (κ3) is 4.61. The zero-order chi connectivity index (χ0) is 16.2. The highest BCUT2D eigenvalue weighted by Gasteiger charge is 2.37. The molecule has 0 aromatic heterocycles. The number of nitrogens with one attached hydrogen (secondary N) is 1. The summed E-state index contributed by atoms with van der Waals surface area (Å²) in [5.74, 6) is -1.19. The molecule has 0 bridgehead atoms. The first-order chi connectivity index (χ1) is 9.73. The quantitative estimate of drug-likeness (QED) is 0.784. The van der Waals surface area contributed by atoms with Crippen LogP contribution >= 0.6 is 0 Å². The van der Waals surface area contributed by atoms with Gasteiger partial charge in [-0.25, -0.2) is 4.79 Å². The number of carbonyl (C=O) groups excluding carboxylic acids is 2. The van der Waals surface area contributed by atoms with E-state index in [9.17, 15) is 14.4 Å². The molecule has 2 N–H and O–H groups in total. The first kappa shape index (κ1) is 17.3. The van der Waals surface area contributed by atoms with E-state index in [4.69, 9.17) is 5.11 Å². The maximum absolute atomic E-state index is 12.7. The fraction of sp³-hybridized carbons (Fsp3) is 0.786. The summed E-state index contributed by atoms with van der Waals surface area (Å²) in [4.78, 5) is 38.6. The van der Waals surface area contributed by atoms with Crippen LogP contribution in [-0.2, 0) is 9.59 Å². The number of rotatable bonds is 5. The molecule has 1 fully saturated rings. The molecule has 0 aromatic carbocycles. The molecule has 21 heavy (non-hydrogen) atoms. The molecule has 0 saturated carbocycles. The zero-order valence-corrected chi connectivity index (χ0v) is 13.1. The third-order valence-corrected chi connectivity index (χ3v) is 3.38. The average Bonchev–Trinajstić information content (AvgIpc) is 2.36. The minimum atomic E-state index is -1.09. The summed E-state index contributed by atoms with van der Waals surface area (Å²) in [5.41, 5.74) is 0. The Bertz CT molecular complexity index is 409. The Kier molecular flexibility index (Phi) is 5.99. The second-order valence-electron chi connectivity index (χ2n) is 6.02. The molecule has 1 rings (SSSR count). The number of amides is 3. The van der Waals surface area contributed by atoms with Gasteiger partial charge in [-0.2, -0.15) is 0 Å². The molecule has 0 spiro atoms. The number of nitrogens with zero attached hydrogens (tertiary/aromatic N) is 2. The highest BCUT2D eigenvalue weighted by atomic mass is 16.4. The lowest BCUT2D eigenvalue weighted by molar-refractivity contribution is -0.142. The Hall–Kier alpha value is -1.79. The molecule has 1 aliphatic heterocycles. The van der Waals surface area contributed by atoms with Crippen LogP contribution < -0.4 is 5.32 Å². The maximum Gasteiger partial charge on any atom is 0.321 e. The van der Waals surface area contributed by atoms with Gasteiger partial charge in [-0.15, -0.1) is 0 Å². The third-order valence-electron chi connectivity index (χ3n) is 3.38. The Balaban J connectivity index is 2.93. The molecular formula is C14H25N3O4. The van der Waals surface area contributed by atoms with E-state index < -0.39 is 17.9 Å². The van der Waals surface area contributed by atoms with Crippen molar-refractivity contribution in [2.75, 3.05) is 19.6 Å². The second-order valence-corrected chi connectivity index (χ2v) is 6.02. The van der Waals surface area contributed by atoms with E-state index in [-0.39, 0.29) is 18.5 Å². The predicted molar refractivity (Wildman–Crippen MR) is 77.8 cm³/mol. The molecule has 0 aromatic rings. The normalized spacial score (nSPS) is 18.9. The van der Waals surface area contributed by atoms with Crippen molar-refractivity contribution in [3.63, 3.8) is 0 Å². The highest BCUT2D eigenvalue weighted by molar-refractivity contribution is 5.91. The zero-order valence-electron chi connectivity index (χ0n) is 13.1. The molecule has 1 aliphatic rings. The van der Waals surface area contributed by atoms with Gasteiger partial charge in [-0.1, -0.05) is 13.8 Å². The first-order valence-corrected chi connectivity index (χ1v) is 7.30. The van der Waals surface area contributed by atoms with E-state index in [0.29, 0.717) is 25.6 Å². The first-order valence-electron chi connectivity index (χ1n) is 7.30. The van der Waals surface area contributed by atoms with Crippen molar-refractivity contribution in [3.8, 4) is 0 Å². The molecule has 0 radical (unpaired) electrons. The fourth-order valence-electron chi connectivity index (χ4n) is 2.38. The molecule has 7 nitrogen and oxygen atoms in total. The van der Waals surface area contributed by atoms with E-state index in [2.05, 4.69) is 5.32 Å². The number of carboxylic acid groups (broad SMARTS) is 1. The minimum Gasteiger partial charge on any atom is -0.481 e. The van der Waals surface area contributed by atoms with Crippen LogP contribution in [0.3, 0.4) is 0 Å². The number of urea groups is 1. The van der Waals surface area contributed by atoms with Gasteiger partial charge < -0.3 is 20.2 Å². The monoisotopic (exact) mass is 299 g/mol. The van der Waals surface area contributed by atoms with E-state index in [0.717, 1.165) is 0 Å². The number of hydrogen-bond acceptors (Lipinski definition) is 3. The number of piperazine rings is 1. The van der Waals surface area contributed by atoms with Crippen molar-refractivity contribution >= 4 is 17.9 Å². The van der Waals surface area contributed by atoms with Crippen LogP contribution in [0, 0.1) is 5.92 Å². The lowest BCUT2D eigenvalue weighted by Crippen LogP contribution is -2.61. The number of hydrogen-bond donors (Lipinski definition) is 2. The van der Waals surface area contributed by atoms with Gasteiger partial charge in [-0.3, -0.25) is 9.59 Å². The van der Waals surface area contributed by atoms with Crippen LogP contribution in [0.2, 0.25) is 0 Å². The molecular weight excluding hydrogens is 274 g/mol. The summed E-state index contributed by atoms with van der Waals surface area (Å²) in [5, 5.41) is 11.6. The van der Waals surface area contributed by atoms with Crippen LogP contribution in [0.25, 0.3) is 0 Å². The largest absolute Gasteiger partial charge is 0.481 e. The highest BCUT2D eigenvalue weighted by Crippen LogP contribution is 2.15. The smallest absolute Gasteiger partial charge is 0.321 e. The van der Waals surface area contributed by atoms with Crippen LogP contribution in [-0.4, -0.2) is 64.5 Å². The SMILES string of the molecule is CC(C)CN(C(=O)N1CCNC(=O)C1CC(=O)O)C(C)C. The molecule has 3 amide bonds. The van der Waals surface area contributed by atoms with Gasteiger partial charge in [-0.05, 0) is 19.8 Å². The summed E-state index contributed by atoms with van der Waals surface area (Å²) < 4.78 is 0. The summed E-state index contributed by atoms with van der Waals surface area (Å²) in [6, 6.07) is -1.20. The van der Waals surface area contributed by atoms with E-state index in [1.54, 1.807) is 4.90 Å². The van der Waals surface area contributed by atoms with Crippen molar-refractivity contribution in [1.29, 1.82) is 0 Å². The van der Waals surface area contributed by atoms with E-state index >= 15 is 0 Å². The van der Waals surface area contributed by atoms with Crippen LogP contribution in [0.1, 0.15) is 34.1 Å². The second kappa shape index (κ2) is 7.28. The standard InChI is InChI=1S/C14H25N3O4/c1-9(2)8-17(10(3)4)14(21)16-6-5-15-13(20)11(16)7-12(18)19/h9-11H,5-8H2,1-4H3,(H,15,20)(H,18,19). The Morgan fingerprint density at radius 1 is 1.38 bits per heavy atom. The van der Waals surface area contributed by atoms with Crippen molar-refractivity contribution in [2.24, 2.45) is 5.92 Å². The summed E-state index contributed by atoms with van der Waals surface area (Å²) in [7, 11) is 0. The van der Waals surface area contributed by atoms with Crippen molar-refractivity contribution in [2.45, 2.75) is 46.2 Å². The Morgan fingerprint density at radius 3 is 2.48 bits per heavy atom. The molecule has 1 heterocycles. The average molecular weight is 299 g/mol. The van der Waals surface area contributed by atoms with E-state index in [1.807, 2.05) is 27.7 Å². The van der Waals surface area contributed by atoms with Gasteiger partial charge in [0.25, 0.3) is 0 Å². The van der Waals surface area contributed by atoms with Crippen LogP contribution in [0.4, 0.5) is 4.79 Å². The number of carbonyl (C=O) groups is 3. The predicted octanol–water partition coefficient (Wildman–Crippen LogP) is 0.748. The molecule has 1 atom stereocenters. The summed E-state index contributed by atoms with van der Waals surface area (Å²) in [6.45, 7) is 9.13. The van der Waals surface area contributed by atoms with Gasteiger partial charge in [0.1, 0.15) is 6.04 Å². The molecule has 7 heteroatoms. The summed E-state index contributed by atoms with van der Waals surface area (Å²) >= 11 is 0. The molecule has 1 saturated heterocycles. The topological polar surface area (TPSA) is 90.0 Å². The van der Waals surface area contributed by atoms with Crippen molar-refractivity contribution < 1.29 is 19.5 Å². The molecule has 0 aliphatic carbocycles. The minimum absolute atomic E-state index is 0.00429. The van der Waals surface area contributed by atoms with Crippen LogP contribution in [0.15, 0.2) is 0 Å². The van der Waals surface area contributed by atoms with Gasteiger partial charge >= 0.3 is 12.0 Å². The lowest BCUT2D eigenvalue weighted by Gasteiger charge is -2.39. The Labute approximate surface area is 125 Å². The van der Waals surface area contributed by atoms with Gasteiger partial charge in [0, 0.05) is 25.7 Å². The summed E-state index contributed by atoms with van der Waals surface area (Å²) in [6.07, 6.45) is -0.370. The Morgan fingerprint density at radius 2 is 2.00 bits per heavy atom. The lowest BCUT2D eigenvalue weighted by atomic mass is 10.1.